The number of anilines is 1. The summed E-state index contributed by atoms with van der Waals surface area (Å²) in [5.41, 5.74) is 0.544. The Morgan fingerprint density at radius 1 is 1.45 bits per heavy atom. The number of carbonyl (C=O) groups is 1. The molecule has 1 aromatic rings. The minimum atomic E-state index is -0.463. The van der Waals surface area contributed by atoms with Crippen LogP contribution in [0, 0.1) is 17.1 Å². The Labute approximate surface area is 130 Å². The molecule has 22 heavy (non-hydrogen) atoms. The molecule has 1 N–H and O–H groups in total. The molecular weight excluding hydrogens is 281 g/mol. The smallest absolute Gasteiger partial charge is 0.267 e. The quantitative estimate of drug-likeness (QED) is 0.684. The molecule has 4 nitrogen and oxygen atoms in total. The van der Waals surface area contributed by atoms with Crippen LogP contribution in [0.4, 0.5) is 10.1 Å². The molecule has 1 amide bonds. The molecule has 0 radical (unpaired) electrons. The fraction of sp³-hybridized carbons (Fsp3) is 0.412. The van der Waals surface area contributed by atoms with Crippen LogP contribution >= 0.6 is 0 Å². The number of nitrogens with one attached hydrogen (secondary N) is 1. The molecule has 1 unspecified atom stereocenters. The van der Waals surface area contributed by atoms with Crippen LogP contribution in [-0.2, 0) is 4.79 Å². The number of piperidine rings is 1. The molecule has 1 aromatic carbocycles. The van der Waals surface area contributed by atoms with Crippen molar-refractivity contribution in [2.75, 3.05) is 11.9 Å². The van der Waals surface area contributed by atoms with E-state index in [0.717, 1.165) is 25.8 Å². The lowest BCUT2D eigenvalue weighted by Crippen LogP contribution is -2.35. The normalized spacial score (nSPS) is 18.7. The molecule has 1 aliphatic rings. The van der Waals surface area contributed by atoms with Gasteiger partial charge in [0, 0.05) is 24.5 Å². The van der Waals surface area contributed by atoms with Gasteiger partial charge in [0.1, 0.15) is 17.5 Å². The van der Waals surface area contributed by atoms with Crippen LogP contribution in [0.1, 0.15) is 32.6 Å². The van der Waals surface area contributed by atoms with Crippen LogP contribution in [0.25, 0.3) is 0 Å². The summed E-state index contributed by atoms with van der Waals surface area (Å²) in [5, 5.41) is 11.9. The number of halogens is 1. The topological polar surface area (TPSA) is 56.1 Å². The highest BCUT2D eigenvalue weighted by Gasteiger charge is 2.20. The second-order valence-electron chi connectivity index (χ2n) is 5.41. The van der Waals surface area contributed by atoms with Crippen molar-refractivity contribution in [1.29, 1.82) is 5.26 Å². The van der Waals surface area contributed by atoms with Crippen LogP contribution in [0.5, 0.6) is 0 Å². The molecule has 1 heterocycles. The van der Waals surface area contributed by atoms with E-state index in [0.29, 0.717) is 11.7 Å². The lowest BCUT2D eigenvalue weighted by Gasteiger charge is -2.34. The van der Waals surface area contributed by atoms with Crippen molar-refractivity contribution in [2.45, 2.75) is 38.6 Å². The first-order valence-electron chi connectivity index (χ1n) is 7.58. The predicted octanol–water partition coefficient (Wildman–Crippen LogP) is 3.44. The van der Waals surface area contributed by atoms with E-state index < -0.39 is 5.91 Å². The van der Waals surface area contributed by atoms with Crippen molar-refractivity contribution in [2.24, 2.45) is 0 Å². The Kier molecular flexibility index (Phi) is 5.54. The predicted molar refractivity (Wildman–Crippen MR) is 83.4 cm³/mol. The third-order valence-electron chi connectivity index (χ3n) is 3.91. The minimum absolute atomic E-state index is 0.0738. The van der Waals surface area contributed by atoms with Crippen molar-refractivity contribution in [1.82, 2.24) is 4.90 Å². The van der Waals surface area contributed by atoms with Gasteiger partial charge >= 0.3 is 0 Å². The Morgan fingerprint density at radius 3 is 2.82 bits per heavy atom. The summed E-state index contributed by atoms with van der Waals surface area (Å²) < 4.78 is 12.9. The zero-order valence-electron chi connectivity index (χ0n) is 12.7. The Bertz CT molecular complexity index is 589. The van der Waals surface area contributed by atoms with Gasteiger partial charge in [0.25, 0.3) is 5.91 Å². The summed E-state index contributed by atoms with van der Waals surface area (Å²) in [5.74, 6) is -0.831. The summed E-state index contributed by atoms with van der Waals surface area (Å²) in [4.78, 5) is 14.3. The molecule has 2 rings (SSSR count). The SMILES string of the molecule is CCC1CCCCN1/C=C(/C#N)C(=O)Nc1ccc(F)cc1. The molecule has 1 saturated heterocycles. The van der Waals surface area contributed by atoms with E-state index in [1.807, 2.05) is 6.07 Å². The van der Waals surface area contributed by atoms with Gasteiger partial charge in [-0.05, 0) is 49.9 Å². The first-order valence-corrected chi connectivity index (χ1v) is 7.58. The van der Waals surface area contributed by atoms with Gasteiger partial charge in [-0.15, -0.1) is 0 Å². The van der Waals surface area contributed by atoms with Gasteiger partial charge in [-0.3, -0.25) is 4.79 Å². The molecule has 0 spiro atoms. The van der Waals surface area contributed by atoms with Crippen LogP contribution in [0.2, 0.25) is 0 Å². The third kappa shape index (κ3) is 4.08. The van der Waals surface area contributed by atoms with Gasteiger partial charge in [0.05, 0.1) is 0 Å². The van der Waals surface area contributed by atoms with E-state index in [1.165, 1.54) is 30.7 Å². The molecule has 0 aromatic heterocycles. The maximum atomic E-state index is 12.9. The summed E-state index contributed by atoms with van der Waals surface area (Å²) in [6.45, 7) is 2.98. The monoisotopic (exact) mass is 301 g/mol. The maximum absolute atomic E-state index is 12.9. The third-order valence-corrected chi connectivity index (χ3v) is 3.91. The molecule has 0 saturated carbocycles. The molecular formula is C17H20FN3O. The van der Waals surface area contributed by atoms with Crippen LogP contribution in [0.15, 0.2) is 36.0 Å². The Hall–Kier alpha value is -2.35. The van der Waals surface area contributed by atoms with Crippen molar-refractivity contribution in [3.05, 3.63) is 41.9 Å². The van der Waals surface area contributed by atoms with Gasteiger partial charge in [-0.2, -0.15) is 5.26 Å². The van der Waals surface area contributed by atoms with Crippen molar-refractivity contribution in [3.8, 4) is 6.07 Å². The zero-order valence-corrected chi connectivity index (χ0v) is 12.7. The number of rotatable bonds is 4. The van der Waals surface area contributed by atoms with Gasteiger partial charge in [-0.25, -0.2) is 4.39 Å². The fourth-order valence-electron chi connectivity index (χ4n) is 2.67. The highest BCUT2D eigenvalue weighted by molar-refractivity contribution is 6.06. The molecule has 0 aliphatic carbocycles. The summed E-state index contributed by atoms with van der Waals surface area (Å²) >= 11 is 0. The molecule has 0 bridgehead atoms. The maximum Gasteiger partial charge on any atom is 0.267 e. The lowest BCUT2D eigenvalue weighted by atomic mass is 10.0. The van der Waals surface area contributed by atoms with Crippen LogP contribution in [0.3, 0.4) is 0 Å². The van der Waals surface area contributed by atoms with E-state index in [1.54, 1.807) is 6.20 Å². The second kappa shape index (κ2) is 7.60. The lowest BCUT2D eigenvalue weighted by molar-refractivity contribution is -0.112. The van der Waals surface area contributed by atoms with E-state index in [2.05, 4.69) is 17.1 Å². The average Bonchev–Trinajstić information content (AvgIpc) is 2.55. The highest BCUT2D eigenvalue weighted by atomic mass is 19.1. The van der Waals surface area contributed by atoms with Gasteiger partial charge in [0.15, 0.2) is 0 Å². The van der Waals surface area contributed by atoms with Gasteiger partial charge in [-0.1, -0.05) is 6.92 Å². The number of hydrogen-bond donors (Lipinski definition) is 1. The first-order chi connectivity index (χ1) is 10.6. The largest absolute Gasteiger partial charge is 0.373 e. The summed E-state index contributed by atoms with van der Waals surface area (Å²) in [6, 6.07) is 7.82. The summed E-state index contributed by atoms with van der Waals surface area (Å²) in [6.07, 6.45) is 6.00. The summed E-state index contributed by atoms with van der Waals surface area (Å²) in [7, 11) is 0. The van der Waals surface area contributed by atoms with E-state index in [4.69, 9.17) is 0 Å². The molecule has 116 valence electrons. The number of carbonyl (C=O) groups excluding carboxylic acids is 1. The number of hydrogen-bond acceptors (Lipinski definition) is 3. The Morgan fingerprint density at radius 2 is 2.18 bits per heavy atom. The second-order valence-corrected chi connectivity index (χ2v) is 5.41. The number of nitrogens with zero attached hydrogens (tertiary/aromatic N) is 2. The standard InChI is InChI=1S/C17H20FN3O/c1-2-16-5-3-4-10-21(16)12-13(11-19)17(22)20-15-8-6-14(18)7-9-15/h6-9,12,16H,2-5,10H2,1H3,(H,20,22)/b13-12-. The molecule has 1 aliphatic heterocycles. The number of benzene rings is 1. The number of nitriles is 1. The number of likely N-dealkylation sites (tertiary alicyclic amines) is 1. The molecule has 1 fully saturated rings. The average molecular weight is 301 g/mol. The van der Waals surface area contributed by atoms with Crippen molar-refractivity contribution < 1.29 is 9.18 Å². The van der Waals surface area contributed by atoms with Crippen molar-refractivity contribution >= 4 is 11.6 Å². The molecule has 5 heteroatoms. The van der Waals surface area contributed by atoms with E-state index in [-0.39, 0.29) is 11.4 Å². The molecule has 1 atom stereocenters. The van der Waals surface area contributed by atoms with Crippen LogP contribution in [-0.4, -0.2) is 23.4 Å². The first kappa shape index (κ1) is 16.0. The highest BCUT2D eigenvalue weighted by Crippen LogP contribution is 2.20. The van der Waals surface area contributed by atoms with Gasteiger partial charge in [0.2, 0.25) is 0 Å². The van der Waals surface area contributed by atoms with Gasteiger partial charge < -0.3 is 10.2 Å². The van der Waals surface area contributed by atoms with E-state index in [9.17, 15) is 14.4 Å². The van der Waals surface area contributed by atoms with Crippen molar-refractivity contribution in [3.63, 3.8) is 0 Å². The fourth-order valence-corrected chi connectivity index (χ4v) is 2.67. The van der Waals surface area contributed by atoms with E-state index >= 15 is 0 Å². The van der Waals surface area contributed by atoms with Crippen LogP contribution < -0.4 is 5.32 Å². The number of amides is 1. The zero-order chi connectivity index (χ0) is 15.9. The Balaban J connectivity index is 2.09. The minimum Gasteiger partial charge on any atom is -0.373 e.